The van der Waals surface area contributed by atoms with E-state index in [9.17, 15) is 0 Å². The minimum Gasteiger partial charge on any atom is -0.357 e. The molecule has 0 spiro atoms. The maximum atomic E-state index is 4.60. The third-order valence-electron chi connectivity index (χ3n) is 4.10. The summed E-state index contributed by atoms with van der Waals surface area (Å²) in [6.45, 7) is 13.6. The van der Waals surface area contributed by atoms with Crippen LogP contribution >= 0.6 is 24.0 Å². The van der Waals surface area contributed by atoms with Crippen molar-refractivity contribution in [2.24, 2.45) is 4.99 Å². The second kappa shape index (κ2) is 12.4. The molecule has 24 heavy (non-hydrogen) atoms. The van der Waals surface area contributed by atoms with Gasteiger partial charge in [-0.05, 0) is 25.6 Å². The number of halogens is 1. The van der Waals surface area contributed by atoms with Crippen molar-refractivity contribution >= 4 is 29.9 Å². The van der Waals surface area contributed by atoms with Crippen LogP contribution in [0.2, 0.25) is 0 Å². The molecule has 0 saturated carbocycles. The topological polar surface area (TPSA) is 55.8 Å². The third kappa shape index (κ3) is 7.76. The molecule has 0 atom stereocenters. The first-order valence-electron chi connectivity index (χ1n) is 8.68. The molecular formula is C17H31IN6. The summed E-state index contributed by atoms with van der Waals surface area (Å²) in [5.74, 6) is 0.866. The molecule has 0 bridgehead atoms. The highest BCUT2D eigenvalue weighted by molar-refractivity contribution is 14.0. The zero-order valence-corrected chi connectivity index (χ0v) is 17.2. The number of guanidine groups is 1. The highest BCUT2D eigenvalue weighted by atomic mass is 127. The van der Waals surface area contributed by atoms with E-state index in [0.29, 0.717) is 6.54 Å². The molecule has 1 fully saturated rings. The molecule has 1 aromatic heterocycles. The Balaban J connectivity index is 0.00000288. The summed E-state index contributed by atoms with van der Waals surface area (Å²) in [5.41, 5.74) is 0.986. The minimum atomic E-state index is 0. The Kier molecular flexibility index (Phi) is 10.9. The first-order chi connectivity index (χ1) is 11.3. The van der Waals surface area contributed by atoms with Gasteiger partial charge in [-0.2, -0.15) is 0 Å². The lowest BCUT2D eigenvalue weighted by Gasteiger charge is -2.34. The van der Waals surface area contributed by atoms with Gasteiger partial charge in [0.2, 0.25) is 0 Å². The van der Waals surface area contributed by atoms with Crippen LogP contribution in [0.5, 0.6) is 0 Å². The van der Waals surface area contributed by atoms with E-state index < -0.39 is 0 Å². The molecule has 2 N–H and O–H groups in total. The van der Waals surface area contributed by atoms with Gasteiger partial charge in [0.1, 0.15) is 0 Å². The average molecular weight is 446 g/mol. The molecule has 6 nitrogen and oxygen atoms in total. The van der Waals surface area contributed by atoms with Crippen LogP contribution in [0.4, 0.5) is 0 Å². The first kappa shape index (κ1) is 21.1. The van der Waals surface area contributed by atoms with Crippen molar-refractivity contribution in [3.63, 3.8) is 0 Å². The number of rotatable bonds is 7. The van der Waals surface area contributed by atoms with Crippen molar-refractivity contribution in [3.05, 3.63) is 30.1 Å². The minimum absolute atomic E-state index is 0. The van der Waals surface area contributed by atoms with Crippen molar-refractivity contribution in [3.8, 4) is 0 Å². The number of likely N-dealkylation sites (N-methyl/N-ethyl adjacent to an activating group) is 1. The number of aliphatic imine (C=N–C) groups is 1. The van der Waals surface area contributed by atoms with Gasteiger partial charge in [0.15, 0.2) is 5.96 Å². The predicted molar refractivity (Wildman–Crippen MR) is 111 cm³/mol. The molecule has 0 aliphatic carbocycles. The maximum absolute atomic E-state index is 4.60. The first-order valence-corrected chi connectivity index (χ1v) is 8.68. The van der Waals surface area contributed by atoms with E-state index >= 15 is 0 Å². The Morgan fingerprint density at radius 2 is 1.88 bits per heavy atom. The van der Waals surface area contributed by atoms with Gasteiger partial charge in [0, 0.05) is 52.0 Å². The molecule has 7 heteroatoms. The molecule has 0 radical (unpaired) electrons. The monoisotopic (exact) mass is 446 g/mol. The zero-order valence-electron chi connectivity index (χ0n) is 14.9. The fraction of sp³-hybridized carbons (Fsp3) is 0.647. The Morgan fingerprint density at radius 1 is 1.12 bits per heavy atom. The molecule has 1 aliphatic rings. The van der Waals surface area contributed by atoms with Gasteiger partial charge in [-0.3, -0.25) is 9.88 Å². The van der Waals surface area contributed by atoms with E-state index in [0.717, 1.165) is 50.9 Å². The van der Waals surface area contributed by atoms with Crippen molar-refractivity contribution in [2.75, 3.05) is 52.4 Å². The van der Waals surface area contributed by atoms with Crippen LogP contribution in [-0.2, 0) is 6.54 Å². The molecule has 2 heterocycles. The van der Waals surface area contributed by atoms with Crippen molar-refractivity contribution < 1.29 is 0 Å². The summed E-state index contributed by atoms with van der Waals surface area (Å²) in [6.07, 6.45) is 1.81. The largest absolute Gasteiger partial charge is 0.357 e. The molecule has 0 aromatic carbocycles. The van der Waals surface area contributed by atoms with Crippen LogP contribution in [0.15, 0.2) is 29.4 Å². The summed E-state index contributed by atoms with van der Waals surface area (Å²) in [4.78, 5) is 13.9. The Morgan fingerprint density at radius 3 is 2.50 bits per heavy atom. The lowest BCUT2D eigenvalue weighted by Crippen LogP contribution is -2.49. The molecule has 0 unspecified atom stereocenters. The van der Waals surface area contributed by atoms with Gasteiger partial charge in [0.05, 0.1) is 12.2 Å². The highest BCUT2D eigenvalue weighted by Gasteiger charge is 2.14. The molecule has 1 saturated heterocycles. The predicted octanol–water partition coefficient (Wildman–Crippen LogP) is 1.39. The van der Waals surface area contributed by atoms with Gasteiger partial charge in [-0.15, -0.1) is 24.0 Å². The van der Waals surface area contributed by atoms with E-state index in [2.05, 4.69) is 44.3 Å². The van der Waals surface area contributed by atoms with E-state index in [1.54, 1.807) is 6.20 Å². The van der Waals surface area contributed by atoms with Gasteiger partial charge in [-0.1, -0.05) is 13.0 Å². The van der Waals surface area contributed by atoms with Crippen LogP contribution in [0.3, 0.4) is 0 Å². The van der Waals surface area contributed by atoms with Gasteiger partial charge in [-0.25, -0.2) is 4.99 Å². The number of nitrogens with zero attached hydrogens (tertiary/aromatic N) is 4. The fourth-order valence-electron chi connectivity index (χ4n) is 2.66. The standard InChI is InChI=1S/C17H30N6.HI/c1-3-18-17(21-15-16-7-5-6-8-19-16)20-9-10-23-13-11-22(4-2)12-14-23;/h5-8H,3-4,9-15H2,1-2H3,(H2,18,20,21);1H. The second-order valence-electron chi connectivity index (χ2n) is 5.72. The summed E-state index contributed by atoms with van der Waals surface area (Å²) in [6, 6.07) is 5.92. The van der Waals surface area contributed by atoms with E-state index in [1.807, 2.05) is 18.2 Å². The Hall–Kier alpha value is -0.930. The van der Waals surface area contributed by atoms with Gasteiger partial charge in [0.25, 0.3) is 0 Å². The fourth-order valence-corrected chi connectivity index (χ4v) is 2.66. The summed E-state index contributed by atoms with van der Waals surface area (Å²) in [7, 11) is 0. The quantitative estimate of drug-likeness (QED) is 0.377. The van der Waals surface area contributed by atoms with Crippen LogP contribution in [0, 0.1) is 0 Å². The lowest BCUT2D eigenvalue weighted by molar-refractivity contribution is 0.139. The number of piperazine rings is 1. The molecule has 1 aliphatic heterocycles. The summed E-state index contributed by atoms with van der Waals surface area (Å²) < 4.78 is 0. The highest BCUT2D eigenvalue weighted by Crippen LogP contribution is 2.00. The number of aromatic nitrogens is 1. The normalized spacial score (nSPS) is 16.5. The third-order valence-corrected chi connectivity index (χ3v) is 4.10. The smallest absolute Gasteiger partial charge is 0.191 e. The van der Waals surface area contributed by atoms with E-state index in [-0.39, 0.29) is 24.0 Å². The van der Waals surface area contributed by atoms with Crippen LogP contribution < -0.4 is 10.6 Å². The van der Waals surface area contributed by atoms with Crippen LogP contribution in [0.1, 0.15) is 19.5 Å². The number of hydrogen-bond acceptors (Lipinski definition) is 4. The van der Waals surface area contributed by atoms with Crippen LogP contribution in [-0.4, -0.2) is 73.1 Å². The molecular weight excluding hydrogens is 415 g/mol. The lowest BCUT2D eigenvalue weighted by atomic mass is 10.3. The zero-order chi connectivity index (χ0) is 16.3. The van der Waals surface area contributed by atoms with Gasteiger partial charge >= 0.3 is 0 Å². The maximum Gasteiger partial charge on any atom is 0.191 e. The number of hydrogen-bond donors (Lipinski definition) is 2. The van der Waals surface area contributed by atoms with Gasteiger partial charge < -0.3 is 15.5 Å². The molecule has 0 amide bonds. The van der Waals surface area contributed by atoms with E-state index in [4.69, 9.17) is 0 Å². The summed E-state index contributed by atoms with van der Waals surface area (Å²) in [5, 5.41) is 6.71. The van der Waals surface area contributed by atoms with Crippen molar-refractivity contribution in [1.82, 2.24) is 25.4 Å². The Bertz CT molecular complexity index is 459. The number of nitrogens with one attached hydrogen (secondary N) is 2. The molecule has 136 valence electrons. The Labute approximate surface area is 163 Å². The number of pyridine rings is 1. The van der Waals surface area contributed by atoms with Crippen LogP contribution in [0.25, 0.3) is 0 Å². The molecule has 2 rings (SSSR count). The molecule has 1 aromatic rings. The second-order valence-corrected chi connectivity index (χ2v) is 5.72. The van der Waals surface area contributed by atoms with Crippen molar-refractivity contribution in [2.45, 2.75) is 20.4 Å². The summed E-state index contributed by atoms with van der Waals surface area (Å²) >= 11 is 0. The average Bonchev–Trinajstić information content (AvgIpc) is 2.61. The van der Waals surface area contributed by atoms with Crippen molar-refractivity contribution in [1.29, 1.82) is 0 Å². The SMILES string of the molecule is CCNC(=NCc1ccccn1)NCCN1CCN(CC)CC1.I. The van der Waals surface area contributed by atoms with E-state index in [1.165, 1.54) is 13.1 Å².